The first-order valence-corrected chi connectivity index (χ1v) is 9.75. The van der Waals surface area contributed by atoms with Crippen molar-refractivity contribution in [3.63, 3.8) is 0 Å². The van der Waals surface area contributed by atoms with E-state index in [0.29, 0.717) is 29.0 Å². The van der Waals surface area contributed by atoms with Crippen LogP contribution in [0.4, 0.5) is 0 Å². The lowest BCUT2D eigenvalue weighted by atomic mass is 10.1. The summed E-state index contributed by atoms with van der Waals surface area (Å²) in [5.74, 6) is 1.10. The summed E-state index contributed by atoms with van der Waals surface area (Å²) in [6.07, 6.45) is 7.00. The van der Waals surface area contributed by atoms with Gasteiger partial charge in [0.15, 0.2) is 5.11 Å². The Labute approximate surface area is 157 Å². The predicted octanol–water partition coefficient (Wildman–Crippen LogP) is 4.69. The summed E-state index contributed by atoms with van der Waals surface area (Å²) in [5.41, 5.74) is 0.550. The summed E-state index contributed by atoms with van der Waals surface area (Å²) < 4.78 is 5.70. The highest BCUT2D eigenvalue weighted by atomic mass is 32.1. The van der Waals surface area contributed by atoms with Crippen molar-refractivity contribution in [2.45, 2.75) is 59.3 Å². The van der Waals surface area contributed by atoms with Crippen LogP contribution in [0, 0.1) is 5.92 Å². The second kappa shape index (κ2) is 12.7. The minimum absolute atomic E-state index is 0.210. The lowest BCUT2D eigenvalue weighted by molar-refractivity contribution is 0.0976. The van der Waals surface area contributed by atoms with Crippen LogP contribution >= 0.6 is 12.2 Å². The Morgan fingerprint density at radius 3 is 2.68 bits per heavy atom. The zero-order chi connectivity index (χ0) is 18.5. The van der Waals surface area contributed by atoms with Gasteiger partial charge in [-0.25, -0.2) is 0 Å². The molecule has 1 rings (SSSR count). The first kappa shape index (κ1) is 21.4. The van der Waals surface area contributed by atoms with Gasteiger partial charge in [-0.3, -0.25) is 10.1 Å². The van der Waals surface area contributed by atoms with Crippen LogP contribution in [0.15, 0.2) is 24.3 Å². The molecule has 0 aliphatic carbocycles. The van der Waals surface area contributed by atoms with Crippen molar-refractivity contribution in [1.82, 2.24) is 10.6 Å². The molecule has 1 aromatic carbocycles. The number of benzene rings is 1. The number of ether oxygens (including phenoxy) is 1. The Morgan fingerprint density at radius 2 is 1.96 bits per heavy atom. The fraction of sp³-hybridized carbons (Fsp3) is 0.600. The van der Waals surface area contributed by atoms with E-state index in [-0.39, 0.29) is 5.91 Å². The third-order valence-electron chi connectivity index (χ3n) is 3.85. The van der Waals surface area contributed by atoms with Crippen LogP contribution in [-0.2, 0) is 0 Å². The van der Waals surface area contributed by atoms with Crippen LogP contribution in [0.25, 0.3) is 0 Å². The van der Waals surface area contributed by atoms with Gasteiger partial charge in [-0.15, -0.1) is 0 Å². The van der Waals surface area contributed by atoms with E-state index < -0.39 is 0 Å². The molecule has 0 saturated carbocycles. The number of unbranched alkanes of at least 4 members (excludes halogenated alkanes) is 4. The minimum Gasteiger partial charge on any atom is -0.494 e. The SMILES string of the molecule is CCCCCCCNC(=S)NC(=O)c1cccc(OCCC(C)C)c1. The molecular formula is C20H32N2O2S. The minimum atomic E-state index is -0.210. The number of carbonyl (C=O) groups excluding carboxylic acids is 1. The molecular weight excluding hydrogens is 332 g/mol. The number of hydrogen-bond donors (Lipinski definition) is 2. The number of rotatable bonds is 11. The highest BCUT2D eigenvalue weighted by molar-refractivity contribution is 7.80. The third kappa shape index (κ3) is 10.1. The van der Waals surface area contributed by atoms with E-state index >= 15 is 0 Å². The standard InChI is InChI=1S/C20H32N2O2S/c1-4-5-6-7-8-13-21-20(25)22-19(23)17-10-9-11-18(15-17)24-14-12-16(2)3/h9-11,15-16H,4-8,12-14H2,1-3H3,(H2,21,22,23,25). The topological polar surface area (TPSA) is 50.4 Å². The number of nitrogens with one attached hydrogen (secondary N) is 2. The molecule has 0 radical (unpaired) electrons. The van der Waals surface area contributed by atoms with Gasteiger partial charge in [0.05, 0.1) is 6.61 Å². The Balaban J connectivity index is 2.34. The molecule has 140 valence electrons. The number of hydrogen-bond acceptors (Lipinski definition) is 3. The summed E-state index contributed by atoms with van der Waals surface area (Å²) >= 11 is 5.19. The molecule has 5 heteroatoms. The fourth-order valence-electron chi connectivity index (χ4n) is 2.29. The van der Waals surface area contributed by atoms with Crippen LogP contribution in [0.5, 0.6) is 5.75 Å². The fourth-order valence-corrected chi connectivity index (χ4v) is 2.48. The highest BCUT2D eigenvalue weighted by Crippen LogP contribution is 2.14. The molecule has 0 bridgehead atoms. The molecule has 0 atom stereocenters. The molecule has 0 heterocycles. The molecule has 2 N–H and O–H groups in total. The quantitative estimate of drug-likeness (QED) is 0.442. The molecule has 4 nitrogen and oxygen atoms in total. The number of amides is 1. The second-order valence-corrected chi connectivity index (χ2v) is 7.09. The van der Waals surface area contributed by atoms with Gasteiger partial charge in [-0.1, -0.05) is 52.5 Å². The third-order valence-corrected chi connectivity index (χ3v) is 4.10. The first-order valence-electron chi connectivity index (χ1n) is 9.35. The van der Waals surface area contributed by atoms with Gasteiger partial charge >= 0.3 is 0 Å². The van der Waals surface area contributed by atoms with E-state index in [4.69, 9.17) is 17.0 Å². The molecule has 0 fully saturated rings. The van der Waals surface area contributed by atoms with Crippen LogP contribution in [0.2, 0.25) is 0 Å². The van der Waals surface area contributed by atoms with Crippen molar-refractivity contribution >= 4 is 23.2 Å². The molecule has 1 amide bonds. The highest BCUT2D eigenvalue weighted by Gasteiger charge is 2.09. The van der Waals surface area contributed by atoms with Gasteiger partial charge in [0.25, 0.3) is 5.91 Å². The normalized spacial score (nSPS) is 10.6. The van der Waals surface area contributed by atoms with Crippen molar-refractivity contribution < 1.29 is 9.53 Å². The largest absolute Gasteiger partial charge is 0.494 e. The predicted molar refractivity (Wildman–Crippen MR) is 108 cm³/mol. The Morgan fingerprint density at radius 1 is 1.20 bits per heavy atom. The summed E-state index contributed by atoms with van der Waals surface area (Å²) in [4.78, 5) is 12.3. The van der Waals surface area contributed by atoms with Crippen LogP contribution in [-0.4, -0.2) is 24.2 Å². The van der Waals surface area contributed by atoms with Crippen molar-refractivity contribution in [1.29, 1.82) is 0 Å². The van der Waals surface area contributed by atoms with Gasteiger partial charge in [0.2, 0.25) is 0 Å². The average molecular weight is 365 g/mol. The molecule has 0 aliphatic rings. The first-order chi connectivity index (χ1) is 12.0. The maximum Gasteiger partial charge on any atom is 0.257 e. The van der Waals surface area contributed by atoms with E-state index in [9.17, 15) is 4.79 Å². The van der Waals surface area contributed by atoms with Crippen molar-refractivity contribution in [3.8, 4) is 5.75 Å². The van der Waals surface area contributed by atoms with Crippen LogP contribution < -0.4 is 15.4 Å². The maximum atomic E-state index is 12.3. The molecule has 0 spiro atoms. The molecule has 0 aromatic heterocycles. The van der Waals surface area contributed by atoms with Gasteiger partial charge in [0.1, 0.15) is 5.75 Å². The second-order valence-electron chi connectivity index (χ2n) is 6.68. The van der Waals surface area contributed by atoms with Crippen molar-refractivity contribution in [2.24, 2.45) is 5.92 Å². The van der Waals surface area contributed by atoms with E-state index in [1.807, 2.05) is 12.1 Å². The van der Waals surface area contributed by atoms with Crippen LogP contribution in [0.3, 0.4) is 0 Å². The van der Waals surface area contributed by atoms with Crippen molar-refractivity contribution in [2.75, 3.05) is 13.2 Å². The van der Waals surface area contributed by atoms with E-state index in [1.165, 1.54) is 25.7 Å². The lowest BCUT2D eigenvalue weighted by Gasteiger charge is -2.11. The zero-order valence-electron chi connectivity index (χ0n) is 15.8. The summed E-state index contributed by atoms with van der Waals surface area (Å²) in [6.45, 7) is 7.96. The summed E-state index contributed by atoms with van der Waals surface area (Å²) in [6, 6.07) is 7.20. The average Bonchev–Trinajstić information content (AvgIpc) is 2.58. The van der Waals surface area contributed by atoms with Gasteiger partial charge in [-0.2, -0.15) is 0 Å². The number of carbonyl (C=O) groups is 1. The van der Waals surface area contributed by atoms with E-state index in [1.54, 1.807) is 12.1 Å². The molecule has 0 aliphatic heterocycles. The zero-order valence-corrected chi connectivity index (χ0v) is 16.6. The van der Waals surface area contributed by atoms with Gasteiger partial charge < -0.3 is 10.1 Å². The van der Waals surface area contributed by atoms with Crippen LogP contribution in [0.1, 0.15) is 69.7 Å². The van der Waals surface area contributed by atoms with Gasteiger partial charge in [-0.05, 0) is 49.2 Å². The Hall–Kier alpha value is -1.62. The maximum absolute atomic E-state index is 12.3. The monoisotopic (exact) mass is 364 g/mol. The summed E-state index contributed by atoms with van der Waals surface area (Å²) in [5, 5.41) is 6.20. The number of thiocarbonyl (C=S) groups is 1. The molecule has 25 heavy (non-hydrogen) atoms. The Kier molecular flexibility index (Phi) is 10.9. The van der Waals surface area contributed by atoms with E-state index in [0.717, 1.165) is 19.4 Å². The molecule has 0 unspecified atom stereocenters. The molecule has 1 aromatic rings. The van der Waals surface area contributed by atoms with E-state index in [2.05, 4.69) is 31.4 Å². The van der Waals surface area contributed by atoms with Crippen molar-refractivity contribution in [3.05, 3.63) is 29.8 Å². The molecule has 0 saturated heterocycles. The smallest absolute Gasteiger partial charge is 0.257 e. The lowest BCUT2D eigenvalue weighted by Crippen LogP contribution is -2.39. The summed E-state index contributed by atoms with van der Waals surface area (Å²) in [7, 11) is 0. The Bertz CT molecular complexity index is 532. The van der Waals surface area contributed by atoms with Gasteiger partial charge in [0, 0.05) is 12.1 Å².